The van der Waals surface area contributed by atoms with Crippen molar-refractivity contribution in [3.63, 3.8) is 0 Å². The maximum atomic E-state index is 11.2. The molecule has 0 amide bonds. The van der Waals surface area contributed by atoms with E-state index in [1.807, 2.05) is 13.8 Å². The molecule has 0 saturated heterocycles. The normalized spacial score (nSPS) is 13.8. The average Bonchev–Trinajstić information content (AvgIpc) is 2.53. The highest BCUT2D eigenvalue weighted by molar-refractivity contribution is 7.90. The lowest BCUT2D eigenvalue weighted by Gasteiger charge is -2.11. The molecule has 0 aliphatic rings. The fourth-order valence-corrected chi connectivity index (χ4v) is 3.15. The van der Waals surface area contributed by atoms with Crippen LogP contribution in [0.3, 0.4) is 0 Å². The summed E-state index contributed by atoms with van der Waals surface area (Å²) < 4.78 is 24.2. The number of hydrogen-bond acceptors (Lipinski definition) is 4. The van der Waals surface area contributed by atoms with Gasteiger partial charge in [0.05, 0.1) is 22.2 Å². The average molecular weight is 294 g/mol. The van der Waals surface area contributed by atoms with Gasteiger partial charge in [0, 0.05) is 25.3 Å². The van der Waals surface area contributed by atoms with Gasteiger partial charge in [-0.1, -0.05) is 18.5 Å². The Morgan fingerprint density at radius 3 is 2.50 bits per heavy atom. The third kappa shape index (κ3) is 3.96. The standard InChI is InChI=1S/C11H20ClN3O2S/c1-4-9-11(12)10(15(5-2)14-9)6-8(13)7-18(3,16)17/h8H,4-7,13H2,1-3H3. The van der Waals surface area contributed by atoms with Crippen molar-refractivity contribution >= 4 is 21.4 Å². The van der Waals surface area contributed by atoms with E-state index < -0.39 is 15.9 Å². The molecule has 7 heteroatoms. The predicted molar refractivity (Wildman–Crippen MR) is 73.7 cm³/mol. The number of aryl methyl sites for hydroxylation is 2. The van der Waals surface area contributed by atoms with E-state index in [9.17, 15) is 8.42 Å². The molecule has 1 aromatic heterocycles. The van der Waals surface area contributed by atoms with Crippen molar-refractivity contribution in [2.75, 3.05) is 12.0 Å². The Morgan fingerprint density at radius 2 is 2.06 bits per heavy atom. The summed E-state index contributed by atoms with van der Waals surface area (Å²) in [6, 6.07) is -0.454. The molecule has 5 nitrogen and oxygen atoms in total. The minimum atomic E-state index is -3.07. The highest BCUT2D eigenvalue weighted by Crippen LogP contribution is 2.22. The number of nitrogens with zero attached hydrogens (tertiary/aromatic N) is 2. The summed E-state index contributed by atoms with van der Waals surface area (Å²) in [5, 5.41) is 4.99. The summed E-state index contributed by atoms with van der Waals surface area (Å²) in [6.45, 7) is 4.64. The highest BCUT2D eigenvalue weighted by Gasteiger charge is 2.19. The van der Waals surface area contributed by atoms with Crippen molar-refractivity contribution in [3.05, 3.63) is 16.4 Å². The molecule has 1 atom stereocenters. The van der Waals surface area contributed by atoms with E-state index in [0.717, 1.165) is 17.8 Å². The van der Waals surface area contributed by atoms with E-state index in [4.69, 9.17) is 17.3 Å². The van der Waals surface area contributed by atoms with Crippen molar-refractivity contribution in [3.8, 4) is 0 Å². The topological polar surface area (TPSA) is 78.0 Å². The minimum Gasteiger partial charge on any atom is -0.326 e. The van der Waals surface area contributed by atoms with E-state index in [2.05, 4.69) is 5.10 Å². The zero-order chi connectivity index (χ0) is 13.9. The van der Waals surface area contributed by atoms with Gasteiger partial charge < -0.3 is 5.73 Å². The zero-order valence-electron chi connectivity index (χ0n) is 11.0. The van der Waals surface area contributed by atoms with Crippen LogP contribution in [0.15, 0.2) is 0 Å². The molecule has 18 heavy (non-hydrogen) atoms. The molecule has 0 bridgehead atoms. The van der Waals surface area contributed by atoms with E-state index in [1.54, 1.807) is 4.68 Å². The third-order valence-corrected chi connectivity index (χ3v) is 4.14. The quantitative estimate of drug-likeness (QED) is 0.850. The molecule has 0 saturated carbocycles. The molecule has 1 aromatic rings. The number of sulfone groups is 1. The second-order valence-electron chi connectivity index (χ2n) is 4.43. The van der Waals surface area contributed by atoms with Gasteiger partial charge in [-0.05, 0) is 13.3 Å². The molecule has 2 N–H and O–H groups in total. The Labute approximate surface area is 113 Å². The van der Waals surface area contributed by atoms with E-state index in [-0.39, 0.29) is 5.75 Å². The molecular weight excluding hydrogens is 274 g/mol. The van der Waals surface area contributed by atoms with Crippen LogP contribution in [-0.4, -0.2) is 36.2 Å². The zero-order valence-corrected chi connectivity index (χ0v) is 12.6. The fourth-order valence-electron chi connectivity index (χ4n) is 1.91. The molecule has 1 rings (SSSR count). The smallest absolute Gasteiger partial charge is 0.148 e. The molecule has 0 fully saturated rings. The van der Waals surface area contributed by atoms with Crippen LogP contribution in [-0.2, 0) is 29.2 Å². The van der Waals surface area contributed by atoms with Gasteiger partial charge in [0.15, 0.2) is 0 Å². The van der Waals surface area contributed by atoms with Gasteiger partial charge in [0.1, 0.15) is 9.84 Å². The highest BCUT2D eigenvalue weighted by atomic mass is 35.5. The molecule has 1 unspecified atom stereocenters. The van der Waals surface area contributed by atoms with Gasteiger partial charge >= 0.3 is 0 Å². The first-order chi connectivity index (χ1) is 8.28. The fraction of sp³-hybridized carbons (Fsp3) is 0.727. The summed E-state index contributed by atoms with van der Waals surface area (Å²) in [5.41, 5.74) is 7.52. The molecule has 0 aromatic carbocycles. The van der Waals surface area contributed by atoms with Gasteiger partial charge in [0.25, 0.3) is 0 Å². The van der Waals surface area contributed by atoms with Crippen molar-refractivity contribution in [2.45, 2.75) is 39.3 Å². The first kappa shape index (κ1) is 15.5. The number of halogens is 1. The van der Waals surface area contributed by atoms with Crippen LogP contribution in [0, 0.1) is 0 Å². The van der Waals surface area contributed by atoms with Gasteiger partial charge in [-0.25, -0.2) is 8.42 Å². The second-order valence-corrected chi connectivity index (χ2v) is 7.00. The Bertz CT molecular complexity index is 511. The first-order valence-electron chi connectivity index (χ1n) is 5.95. The number of aromatic nitrogens is 2. The van der Waals surface area contributed by atoms with Gasteiger partial charge in [-0.3, -0.25) is 4.68 Å². The van der Waals surface area contributed by atoms with Crippen molar-refractivity contribution in [1.82, 2.24) is 9.78 Å². The summed E-state index contributed by atoms with van der Waals surface area (Å²) in [7, 11) is -3.07. The van der Waals surface area contributed by atoms with Gasteiger partial charge in [-0.2, -0.15) is 5.10 Å². The second kappa shape index (κ2) is 6.04. The van der Waals surface area contributed by atoms with Crippen LogP contribution in [0.2, 0.25) is 5.02 Å². The first-order valence-corrected chi connectivity index (χ1v) is 8.39. The van der Waals surface area contributed by atoms with Crippen molar-refractivity contribution < 1.29 is 8.42 Å². The van der Waals surface area contributed by atoms with Crippen LogP contribution in [0.25, 0.3) is 0 Å². The number of hydrogen-bond donors (Lipinski definition) is 1. The molecule has 0 radical (unpaired) electrons. The Balaban J connectivity index is 2.93. The SMILES string of the molecule is CCc1nn(CC)c(CC(N)CS(C)(=O)=O)c1Cl. The van der Waals surface area contributed by atoms with Crippen LogP contribution in [0.5, 0.6) is 0 Å². The maximum Gasteiger partial charge on any atom is 0.148 e. The Morgan fingerprint density at radius 1 is 1.44 bits per heavy atom. The Hall–Kier alpha value is -0.590. The lowest BCUT2D eigenvalue weighted by Crippen LogP contribution is -2.32. The monoisotopic (exact) mass is 293 g/mol. The van der Waals surface area contributed by atoms with E-state index in [0.29, 0.717) is 18.0 Å². The lowest BCUT2D eigenvalue weighted by molar-refractivity contribution is 0.573. The maximum absolute atomic E-state index is 11.2. The van der Waals surface area contributed by atoms with E-state index in [1.165, 1.54) is 6.26 Å². The number of nitrogens with two attached hydrogens (primary N) is 1. The number of rotatable bonds is 6. The minimum absolute atomic E-state index is 0.0420. The summed E-state index contributed by atoms with van der Waals surface area (Å²) in [6.07, 6.45) is 2.36. The lowest BCUT2D eigenvalue weighted by atomic mass is 10.1. The summed E-state index contributed by atoms with van der Waals surface area (Å²) in [5.74, 6) is -0.0420. The largest absolute Gasteiger partial charge is 0.326 e. The predicted octanol–water partition coefficient (Wildman–Crippen LogP) is 1.03. The molecule has 0 spiro atoms. The molecule has 0 aliphatic heterocycles. The molecule has 1 heterocycles. The molecule has 0 aliphatic carbocycles. The summed E-state index contributed by atoms with van der Waals surface area (Å²) in [4.78, 5) is 0. The Kier molecular flexibility index (Phi) is 5.19. The third-order valence-electron chi connectivity index (χ3n) is 2.67. The molecular formula is C11H20ClN3O2S. The summed E-state index contributed by atoms with van der Waals surface area (Å²) >= 11 is 6.24. The van der Waals surface area contributed by atoms with Gasteiger partial charge in [-0.15, -0.1) is 0 Å². The molecule has 104 valence electrons. The van der Waals surface area contributed by atoms with Crippen LogP contribution < -0.4 is 5.73 Å². The van der Waals surface area contributed by atoms with Crippen molar-refractivity contribution in [1.29, 1.82) is 0 Å². The van der Waals surface area contributed by atoms with E-state index >= 15 is 0 Å². The van der Waals surface area contributed by atoms with Crippen LogP contribution in [0.4, 0.5) is 0 Å². The van der Waals surface area contributed by atoms with Gasteiger partial charge in [0.2, 0.25) is 0 Å². The van der Waals surface area contributed by atoms with Crippen LogP contribution >= 0.6 is 11.6 Å². The van der Waals surface area contributed by atoms with Crippen LogP contribution in [0.1, 0.15) is 25.2 Å². The van der Waals surface area contributed by atoms with Crippen molar-refractivity contribution in [2.24, 2.45) is 5.73 Å².